The Bertz CT molecular complexity index is 1670. The van der Waals surface area contributed by atoms with Crippen molar-refractivity contribution in [3.05, 3.63) is 72.9 Å². The Balaban J connectivity index is 5.05. The molecule has 2 N–H and O–H groups in total. The van der Waals surface area contributed by atoms with Crippen molar-refractivity contribution in [3.63, 3.8) is 0 Å². The normalized spacial score (nSPS) is 13.9. The number of carbonyl (C=O) groups excluding carboxylic acids is 2. The molecule has 0 radical (unpaired) electrons. The topological polar surface area (TPSA) is 111 Å². The second-order valence-electron chi connectivity index (χ2n) is 25.4. The standard InChI is InChI=1S/C74H137N2O7P/c1-7-10-13-16-19-22-25-28-30-32-34-35-36-37-38-39-40-41-43-45-47-49-52-55-58-61-64-67-74(78)83-72(65-62-59-56-53-50-27-24-21-18-15-12-9-3)71(70-82-84(79,80)81-69-68-76(4,5)6)75-73(77)66-63-60-57-54-51-48-46-44-42-33-31-29-26-23-20-17-14-11-8-2/h19,22,28-31,34-35,37-38,62,65,71-72H,7-18,20-21,23-27,32-33,36,39-61,63-64,66-70H2,1-6H3,(H-,75,77,79,80)/p+1/b22-19-,30-28-,31-29+,35-34-,38-37-,65-62-. The fourth-order valence-corrected chi connectivity index (χ4v) is 11.1. The zero-order chi connectivity index (χ0) is 61.4. The van der Waals surface area contributed by atoms with Gasteiger partial charge < -0.3 is 19.4 Å². The second kappa shape index (κ2) is 63.5. The van der Waals surface area contributed by atoms with E-state index in [9.17, 15) is 19.0 Å². The van der Waals surface area contributed by atoms with E-state index in [4.69, 9.17) is 13.8 Å². The molecule has 3 unspecified atom stereocenters. The average molecular weight is 1200 g/mol. The molecule has 0 heterocycles. The third-order valence-electron chi connectivity index (χ3n) is 15.9. The van der Waals surface area contributed by atoms with Crippen LogP contribution in [0.15, 0.2) is 72.9 Å². The van der Waals surface area contributed by atoms with E-state index in [0.717, 1.165) is 77.0 Å². The molecule has 84 heavy (non-hydrogen) atoms. The number of allylic oxidation sites excluding steroid dienone is 11. The van der Waals surface area contributed by atoms with Crippen LogP contribution < -0.4 is 5.32 Å². The first kappa shape index (κ1) is 81.5. The molecular weight excluding hydrogens is 1060 g/mol. The molecule has 0 aromatic heterocycles. The van der Waals surface area contributed by atoms with Gasteiger partial charge in [0.1, 0.15) is 19.3 Å². The third kappa shape index (κ3) is 63.9. The van der Waals surface area contributed by atoms with E-state index < -0.39 is 20.0 Å². The number of nitrogens with one attached hydrogen (secondary N) is 1. The number of hydrogen-bond donors (Lipinski definition) is 2. The van der Waals surface area contributed by atoms with Crippen LogP contribution in [0.4, 0.5) is 0 Å². The lowest BCUT2D eigenvalue weighted by atomic mass is 10.0. The number of unbranched alkanes of at least 4 members (excludes halogenated alkanes) is 39. The Hall–Kier alpha value is -2.55. The minimum absolute atomic E-state index is 0.0384. The van der Waals surface area contributed by atoms with Crippen molar-refractivity contribution in [2.75, 3.05) is 40.9 Å². The molecule has 490 valence electrons. The first-order valence-corrected chi connectivity index (χ1v) is 37.3. The summed E-state index contributed by atoms with van der Waals surface area (Å²) in [5.74, 6) is -0.502. The van der Waals surface area contributed by atoms with Gasteiger partial charge in [-0.05, 0) is 102 Å². The second-order valence-corrected chi connectivity index (χ2v) is 26.9. The molecule has 0 fully saturated rings. The van der Waals surface area contributed by atoms with Gasteiger partial charge in [0.2, 0.25) is 5.91 Å². The molecule has 0 saturated heterocycles. The highest BCUT2D eigenvalue weighted by Gasteiger charge is 2.30. The van der Waals surface area contributed by atoms with Crippen molar-refractivity contribution in [3.8, 4) is 0 Å². The quantitative estimate of drug-likeness (QED) is 0.0205. The molecular formula is C74H138N2O7P+. The maximum atomic E-state index is 13.6. The molecule has 0 bridgehead atoms. The van der Waals surface area contributed by atoms with Gasteiger partial charge >= 0.3 is 13.8 Å². The summed E-state index contributed by atoms with van der Waals surface area (Å²) in [4.78, 5) is 37.9. The summed E-state index contributed by atoms with van der Waals surface area (Å²) < 4.78 is 30.8. The number of phosphoric ester groups is 1. The van der Waals surface area contributed by atoms with Crippen molar-refractivity contribution in [1.82, 2.24) is 5.32 Å². The van der Waals surface area contributed by atoms with E-state index in [1.807, 2.05) is 33.3 Å². The molecule has 0 aromatic carbocycles. The number of nitrogens with zero attached hydrogens (tertiary/aromatic N) is 1. The zero-order valence-electron chi connectivity index (χ0n) is 56.1. The number of likely N-dealkylation sites (N-methyl/N-ethyl adjacent to an activating group) is 1. The summed E-state index contributed by atoms with van der Waals surface area (Å²) in [5, 5.41) is 3.07. The Kier molecular flexibility index (Phi) is 61.5. The van der Waals surface area contributed by atoms with E-state index in [1.54, 1.807) is 0 Å². The lowest BCUT2D eigenvalue weighted by Crippen LogP contribution is -2.47. The van der Waals surface area contributed by atoms with Crippen LogP contribution in [0.3, 0.4) is 0 Å². The molecule has 0 aromatic rings. The van der Waals surface area contributed by atoms with Crippen LogP contribution in [0.1, 0.15) is 335 Å². The number of ether oxygens (including phenoxy) is 1. The van der Waals surface area contributed by atoms with Crippen LogP contribution in [-0.2, 0) is 27.9 Å². The maximum absolute atomic E-state index is 13.6. The molecule has 0 aliphatic carbocycles. The lowest BCUT2D eigenvalue weighted by molar-refractivity contribution is -0.870. The predicted octanol–water partition coefficient (Wildman–Crippen LogP) is 22.7. The molecule has 0 spiro atoms. The van der Waals surface area contributed by atoms with Gasteiger partial charge in [-0.2, -0.15) is 0 Å². The van der Waals surface area contributed by atoms with Gasteiger partial charge in [-0.1, -0.05) is 293 Å². The Morgan fingerprint density at radius 2 is 0.726 bits per heavy atom. The SMILES string of the molecule is CCCCC/C=C\C/C=C\C/C=C\C/C=C\CCCCCCCCCCCCCC(=O)OC(/C=C\CCCCCCCCCCCC)C(COP(=O)(O)OCC[N+](C)(C)C)NC(=O)CCCCCCCCCCC/C=C/CCCCCCCC. The Labute approximate surface area is 521 Å². The zero-order valence-corrected chi connectivity index (χ0v) is 57.0. The van der Waals surface area contributed by atoms with Crippen LogP contribution in [0.2, 0.25) is 0 Å². The van der Waals surface area contributed by atoms with E-state index in [0.29, 0.717) is 17.4 Å². The van der Waals surface area contributed by atoms with Crippen LogP contribution in [0, 0.1) is 0 Å². The highest BCUT2D eigenvalue weighted by atomic mass is 31.2. The van der Waals surface area contributed by atoms with Crippen LogP contribution in [0.25, 0.3) is 0 Å². The predicted molar refractivity (Wildman–Crippen MR) is 365 cm³/mol. The van der Waals surface area contributed by atoms with Crippen LogP contribution in [-0.4, -0.2) is 74.3 Å². The van der Waals surface area contributed by atoms with Gasteiger partial charge in [-0.15, -0.1) is 0 Å². The first-order chi connectivity index (χ1) is 40.9. The fraction of sp³-hybridized carbons (Fsp3) is 0.811. The Morgan fingerprint density at radius 3 is 1.12 bits per heavy atom. The lowest BCUT2D eigenvalue weighted by Gasteiger charge is -2.27. The largest absolute Gasteiger partial charge is 0.472 e. The minimum atomic E-state index is -4.46. The summed E-state index contributed by atoms with van der Waals surface area (Å²) in [5.41, 5.74) is 0. The van der Waals surface area contributed by atoms with E-state index in [1.165, 1.54) is 225 Å². The smallest absolute Gasteiger partial charge is 0.456 e. The summed E-state index contributed by atoms with van der Waals surface area (Å²) >= 11 is 0. The van der Waals surface area contributed by atoms with Crippen LogP contribution >= 0.6 is 7.82 Å². The molecule has 10 heteroatoms. The van der Waals surface area contributed by atoms with Gasteiger partial charge in [0.15, 0.2) is 0 Å². The first-order valence-electron chi connectivity index (χ1n) is 35.8. The summed E-state index contributed by atoms with van der Waals surface area (Å²) in [6.07, 6.45) is 83.4. The monoisotopic (exact) mass is 1200 g/mol. The highest BCUT2D eigenvalue weighted by Crippen LogP contribution is 2.43. The molecule has 0 aliphatic heterocycles. The molecule has 0 saturated carbocycles. The molecule has 0 aliphatic rings. The average Bonchev–Trinajstić information content (AvgIpc) is 3.65. The van der Waals surface area contributed by atoms with Gasteiger partial charge in [-0.25, -0.2) is 4.57 Å². The van der Waals surface area contributed by atoms with Crippen molar-refractivity contribution in [1.29, 1.82) is 0 Å². The number of carbonyl (C=O) groups is 2. The molecule has 9 nitrogen and oxygen atoms in total. The maximum Gasteiger partial charge on any atom is 0.472 e. The van der Waals surface area contributed by atoms with E-state index in [-0.39, 0.29) is 31.5 Å². The number of rotatable bonds is 65. The number of phosphoric acid groups is 1. The molecule has 0 rings (SSSR count). The van der Waals surface area contributed by atoms with Gasteiger partial charge in [0, 0.05) is 12.8 Å². The van der Waals surface area contributed by atoms with Crippen molar-refractivity contribution in [2.24, 2.45) is 0 Å². The van der Waals surface area contributed by atoms with Gasteiger partial charge in [0.25, 0.3) is 0 Å². The summed E-state index contributed by atoms with van der Waals surface area (Å²) in [6, 6.07) is -0.853. The van der Waals surface area contributed by atoms with E-state index in [2.05, 4.69) is 86.8 Å². The molecule has 3 atom stereocenters. The van der Waals surface area contributed by atoms with Crippen molar-refractivity contribution in [2.45, 2.75) is 348 Å². The Morgan fingerprint density at radius 1 is 0.417 bits per heavy atom. The third-order valence-corrected chi connectivity index (χ3v) is 16.9. The van der Waals surface area contributed by atoms with E-state index >= 15 is 0 Å². The summed E-state index contributed by atoms with van der Waals surface area (Å²) in [6.45, 7) is 7.01. The molecule has 1 amide bonds. The van der Waals surface area contributed by atoms with Gasteiger partial charge in [-0.3, -0.25) is 18.6 Å². The van der Waals surface area contributed by atoms with Gasteiger partial charge in [0.05, 0.1) is 33.8 Å². The highest BCUT2D eigenvalue weighted by molar-refractivity contribution is 7.47. The number of hydrogen-bond acceptors (Lipinski definition) is 6. The fourth-order valence-electron chi connectivity index (χ4n) is 10.3. The van der Waals surface area contributed by atoms with Crippen molar-refractivity contribution >= 4 is 19.7 Å². The van der Waals surface area contributed by atoms with Crippen LogP contribution in [0.5, 0.6) is 0 Å². The number of esters is 1. The van der Waals surface area contributed by atoms with Crippen molar-refractivity contribution < 1.29 is 37.3 Å². The minimum Gasteiger partial charge on any atom is -0.456 e. The summed E-state index contributed by atoms with van der Waals surface area (Å²) in [7, 11) is 1.50. The number of amides is 1. The number of quaternary nitrogens is 1.